The SMILES string of the molecule is CCCCC(CC)Cn1c(CCCl)nc2cnccc21. The largest absolute Gasteiger partial charge is 0.328 e. The molecule has 2 aromatic heterocycles. The number of unbranched alkanes of at least 4 members (excludes halogenated alkanes) is 1. The van der Waals surface area contributed by atoms with Crippen molar-refractivity contribution in [2.45, 2.75) is 52.5 Å². The van der Waals surface area contributed by atoms with Gasteiger partial charge in [0.05, 0.1) is 11.7 Å². The van der Waals surface area contributed by atoms with Crippen molar-refractivity contribution in [2.24, 2.45) is 5.92 Å². The van der Waals surface area contributed by atoms with Crippen molar-refractivity contribution in [1.82, 2.24) is 14.5 Å². The summed E-state index contributed by atoms with van der Waals surface area (Å²) in [6.45, 7) is 5.58. The molecule has 0 saturated heterocycles. The first-order valence-electron chi connectivity index (χ1n) is 7.65. The molecule has 2 heterocycles. The summed E-state index contributed by atoms with van der Waals surface area (Å²) < 4.78 is 2.35. The number of nitrogens with zero attached hydrogens (tertiary/aromatic N) is 3. The highest BCUT2D eigenvalue weighted by atomic mass is 35.5. The summed E-state index contributed by atoms with van der Waals surface area (Å²) in [7, 11) is 0. The van der Waals surface area contributed by atoms with Gasteiger partial charge >= 0.3 is 0 Å². The zero-order valence-corrected chi connectivity index (χ0v) is 13.2. The predicted molar refractivity (Wildman–Crippen MR) is 85.3 cm³/mol. The van der Waals surface area contributed by atoms with E-state index in [-0.39, 0.29) is 0 Å². The average Bonchev–Trinajstić information content (AvgIpc) is 2.81. The van der Waals surface area contributed by atoms with Crippen LogP contribution in [0.3, 0.4) is 0 Å². The number of halogens is 1. The molecule has 0 amide bonds. The standard InChI is InChI=1S/C16H24ClN3/c1-3-5-6-13(4-2)12-20-15-8-10-18-11-14(15)19-16(20)7-9-17/h8,10-11,13H,3-7,9,12H2,1-2H3. The molecule has 0 aromatic carbocycles. The van der Waals surface area contributed by atoms with Crippen molar-refractivity contribution >= 4 is 22.6 Å². The number of aryl methyl sites for hydroxylation is 1. The number of alkyl halides is 1. The highest BCUT2D eigenvalue weighted by Gasteiger charge is 2.14. The molecule has 0 aliphatic carbocycles. The minimum Gasteiger partial charge on any atom is -0.328 e. The summed E-state index contributed by atoms with van der Waals surface area (Å²) in [6, 6.07) is 2.06. The summed E-state index contributed by atoms with van der Waals surface area (Å²) in [5.74, 6) is 2.43. The van der Waals surface area contributed by atoms with Crippen LogP contribution in [0, 0.1) is 5.92 Å². The van der Waals surface area contributed by atoms with Crippen LogP contribution >= 0.6 is 11.6 Å². The van der Waals surface area contributed by atoms with E-state index in [4.69, 9.17) is 11.6 Å². The van der Waals surface area contributed by atoms with Gasteiger partial charge in [-0.05, 0) is 18.4 Å². The zero-order valence-electron chi connectivity index (χ0n) is 12.5. The lowest BCUT2D eigenvalue weighted by Gasteiger charge is -2.17. The van der Waals surface area contributed by atoms with Gasteiger partial charge in [0.2, 0.25) is 0 Å². The average molecular weight is 294 g/mol. The number of imidazole rings is 1. The van der Waals surface area contributed by atoms with Crippen LogP contribution in [0.1, 0.15) is 45.4 Å². The smallest absolute Gasteiger partial charge is 0.111 e. The van der Waals surface area contributed by atoms with E-state index in [9.17, 15) is 0 Å². The van der Waals surface area contributed by atoms with E-state index in [0.717, 1.165) is 30.2 Å². The number of pyridine rings is 1. The number of hydrogen-bond acceptors (Lipinski definition) is 2. The Labute approximate surface area is 126 Å². The first kappa shape index (κ1) is 15.3. The van der Waals surface area contributed by atoms with Gasteiger partial charge in [-0.2, -0.15) is 0 Å². The molecule has 0 bridgehead atoms. The van der Waals surface area contributed by atoms with Gasteiger partial charge in [-0.3, -0.25) is 4.98 Å². The maximum Gasteiger partial charge on any atom is 0.111 e. The van der Waals surface area contributed by atoms with Gasteiger partial charge in [0.15, 0.2) is 0 Å². The maximum absolute atomic E-state index is 5.92. The van der Waals surface area contributed by atoms with Crippen LogP contribution in [-0.4, -0.2) is 20.4 Å². The fraction of sp³-hybridized carbons (Fsp3) is 0.625. The lowest BCUT2D eigenvalue weighted by Crippen LogP contribution is -2.13. The van der Waals surface area contributed by atoms with Crippen molar-refractivity contribution in [2.75, 3.05) is 5.88 Å². The van der Waals surface area contributed by atoms with Crippen LogP contribution in [0.5, 0.6) is 0 Å². The van der Waals surface area contributed by atoms with Crippen LogP contribution in [0.15, 0.2) is 18.5 Å². The second-order valence-electron chi connectivity index (χ2n) is 5.36. The Hall–Kier alpha value is -1.09. The molecule has 0 saturated carbocycles. The molecule has 110 valence electrons. The third-order valence-corrected chi connectivity index (χ3v) is 4.12. The van der Waals surface area contributed by atoms with Crippen LogP contribution in [-0.2, 0) is 13.0 Å². The summed E-state index contributed by atoms with van der Waals surface area (Å²) in [5.41, 5.74) is 2.17. The number of rotatable bonds is 8. The van der Waals surface area contributed by atoms with E-state index >= 15 is 0 Å². The number of hydrogen-bond donors (Lipinski definition) is 0. The lowest BCUT2D eigenvalue weighted by molar-refractivity contribution is 0.390. The van der Waals surface area contributed by atoms with Crippen molar-refractivity contribution in [3.8, 4) is 0 Å². The molecule has 3 nitrogen and oxygen atoms in total. The highest BCUT2D eigenvalue weighted by Crippen LogP contribution is 2.21. The Bertz CT molecular complexity index is 536. The fourth-order valence-electron chi connectivity index (χ4n) is 2.69. The third-order valence-electron chi connectivity index (χ3n) is 3.93. The van der Waals surface area contributed by atoms with Crippen LogP contribution < -0.4 is 0 Å². The van der Waals surface area contributed by atoms with Crippen molar-refractivity contribution < 1.29 is 0 Å². The van der Waals surface area contributed by atoms with Crippen LogP contribution in [0.4, 0.5) is 0 Å². The maximum atomic E-state index is 5.92. The Morgan fingerprint density at radius 1 is 1.35 bits per heavy atom. The highest BCUT2D eigenvalue weighted by molar-refractivity contribution is 6.17. The molecule has 0 radical (unpaired) electrons. The van der Waals surface area contributed by atoms with Gasteiger partial charge in [0.1, 0.15) is 11.3 Å². The van der Waals surface area contributed by atoms with E-state index in [1.165, 1.54) is 31.2 Å². The van der Waals surface area contributed by atoms with Gasteiger partial charge in [0.25, 0.3) is 0 Å². The summed E-state index contributed by atoms with van der Waals surface area (Å²) in [6.07, 6.45) is 9.58. The third kappa shape index (κ3) is 3.51. The molecule has 0 N–H and O–H groups in total. The molecule has 20 heavy (non-hydrogen) atoms. The predicted octanol–water partition coefficient (Wildman–Crippen LogP) is 4.43. The van der Waals surface area contributed by atoms with Gasteiger partial charge in [-0.1, -0.05) is 33.1 Å². The number of fused-ring (bicyclic) bond motifs is 1. The van der Waals surface area contributed by atoms with E-state index in [0.29, 0.717) is 5.88 Å². The molecular formula is C16H24ClN3. The Morgan fingerprint density at radius 2 is 2.20 bits per heavy atom. The minimum absolute atomic E-state index is 0.614. The topological polar surface area (TPSA) is 30.7 Å². The molecule has 2 rings (SSSR count). The van der Waals surface area contributed by atoms with Crippen LogP contribution in [0.2, 0.25) is 0 Å². The van der Waals surface area contributed by atoms with Gasteiger partial charge in [0, 0.05) is 25.0 Å². The molecule has 4 heteroatoms. The molecule has 0 spiro atoms. The lowest BCUT2D eigenvalue weighted by atomic mass is 9.99. The molecule has 0 fully saturated rings. The van der Waals surface area contributed by atoms with Crippen LogP contribution in [0.25, 0.3) is 11.0 Å². The molecule has 2 aromatic rings. The summed E-state index contributed by atoms with van der Waals surface area (Å²) >= 11 is 5.92. The van der Waals surface area contributed by atoms with E-state index in [1.54, 1.807) is 0 Å². The first-order valence-corrected chi connectivity index (χ1v) is 8.18. The molecule has 0 aliphatic heterocycles. The van der Waals surface area contributed by atoms with Gasteiger partial charge < -0.3 is 4.57 Å². The summed E-state index contributed by atoms with van der Waals surface area (Å²) in [4.78, 5) is 8.85. The van der Waals surface area contributed by atoms with E-state index < -0.39 is 0 Å². The quantitative estimate of drug-likeness (QED) is 0.674. The van der Waals surface area contributed by atoms with E-state index in [2.05, 4.69) is 34.4 Å². The van der Waals surface area contributed by atoms with Crippen molar-refractivity contribution in [1.29, 1.82) is 0 Å². The molecule has 1 unspecified atom stereocenters. The zero-order chi connectivity index (χ0) is 14.4. The fourth-order valence-corrected chi connectivity index (χ4v) is 2.86. The van der Waals surface area contributed by atoms with Gasteiger partial charge in [-0.25, -0.2) is 4.98 Å². The summed E-state index contributed by atoms with van der Waals surface area (Å²) in [5, 5.41) is 0. The first-order chi connectivity index (χ1) is 9.80. The second-order valence-corrected chi connectivity index (χ2v) is 5.74. The Kier molecular flexibility index (Phi) is 5.84. The monoisotopic (exact) mass is 293 g/mol. The van der Waals surface area contributed by atoms with Crippen molar-refractivity contribution in [3.05, 3.63) is 24.3 Å². The Morgan fingerprint density at radius 3 is 2.90 bits per heavy atom. The Balaban J connectivity index is 2.27. The van der Waals surface area contributed by atoms with Gasteiger partial charge in [-0.15, -0.1) is 11.6 Å². The van der Waals surface area contributed by atoms with E-state index in [1.807, 2.05) is 12.4 Å². The molecular weight excluding hydrogens is 270 g/mol. The number of aromatic nitrogens is 3. The molecule has 0 aliphatic rings. The molecule has 1 atom stereocenters. The second kappa shape index (κ2) is 7.63. The van der Waals surface area contributed by atoms with Crippen molar-refractivity contribution in [3.63, 3.8) is 0 Å². The normalized spacial score (nSPS) is 12.9. The minimum atomic E-state index is 0.614.